The zero-order chi connectivity index (χ0) is 15.8. The number of hydrogen-bond donors (Lipinski definition) is 0. The molecule has 0 spiro atoms. The number of hydrogen-bond acceptors (Lipinski definition) is 2. The Morgan fingerprint density at radius 3 is 1.82 bits per heavy atom. The Morgan fingerprint density at radius 2 is 1.36 bits per heavy atom. The van der Waals surface area contributed by atoms with Crippen LogP contribution in [0.1, 0.15) is 11.1 Å². The van der Waals surface area contributed by atoms with Gasteiger partial charge in [0.1, 0.15) is 0 Å². The average Bonchev–Trinajstić information content (AvgIpc) is 2.87. The summed E-state index contributed by atoms with van der Waals surface area (Å²) in [5.74, 6) is 0. The Bertz CT molecular complexity index is 517. The molecular weight excluding hydrogens is 363 g/mol. The molecule has 2 nitrogen and oxygen atoms in total. The topological polar surface area (TPSA) is 6.48 Å². The molecule has 3 heteroatoms. The summed E-state index contributed by atoms with van der Waals surface area (Å²) >= 11 is 3.18. The van der Waals surface area contributed by atoms with Crippen molar-refractivity contribution in [3.05, 3.63) is 78.2 Å². The number of likely N-dealkylation sites (N-methyl/N-ethyl adjacent to an activating group) is 2. The van der Waals surface area contributed by atoms with Gasteiger partial charge in [0.15, 0.2) is 0 Å². The maximum Gasteiger partial charge on any atom is -0.0544 e. The molecule has 0 bridgehead atoms. The SMILES string of the molecule is CN1CCN(C)[C]1=[Pd].c1ccc([CH-]Cc2ccccc2)cc1. The van der Waals surface area contributed by atoms with Crippen LogP contribution in [-0.4, -0.2) is 41.2 Å². The van der Waals surface area contributed by atoms with E-state index in [1.54, 1.807) is 0 Å². The number of rotatable bonds is 3. The van der Waals surface area contributed by atoms with Crippen LogP contribution in [0.2, 0.25) is 0 Å². The first-order chi connectivity index (χ1) is 10.7. The van der Waals surface area contributed by atoms with E-state index in [0.29, 0.717) is 0 Å². The zero-order valence-corrected chi connectivity index (χ0v) is 14.7. The second-order valence-corrected chi connectivity index (χ2v) is 6.08. The molecule has 0 amide bonds. The summed E-state index contributed by atoms with van der Waals surface area (Å²) in [5, 5.41) is 0. The van der Waals surface area contributed by atoms with E-state index < -0.39 is 0 Å². The fourth-order valence-electron chi connectivity index (χ4n) is 2.20. The van der Waals surface area contributed by atoms with Gasteiger partial charge in [0.25, 0.3) is 0 Å². The van der Waals surface area contributed by atoms with Gasteiger partial charge in [-0.2, -0.15) is 24.1 Å². The molecule has 0 N–H and O–H groups in total. The summed E-state index contributed by atoms with van der Waals surface area (Å²) in [6.45, 7) is 2.29. The third-order valence-electron chi connectivity index (χ3n) is 3.57. The quantitative estimate of drug-likeness (QED) is 0.592. The molecular formula is C19H23N2Pd-. The van der Waals surface area contributed by atoms with Crippen molar-refractivity contribution in [2.24, 2.45) is 0 Å². The molecule has 0 atom stereocenters. The molecule has 1 fully saturated rings. The Kier molecular flexibility index (Phi) is 7.02. The number of benzene rings is 2. The standard InChI is InChI=1S/C14H13.C5H10N2.Pd/c1-3-7-13(8-4-1)11-12-14-9-5-2-6-10-14;1-6-3-4-7(2)5-6;/h1-11H,12H2;3-4H2,1-2H3;/q-1;;. The van der Waals surface area contributed by atoms with Gasteiger partial charge in [0, 0.05) is 0 Å². The predicted molar refractivity (Wildman–Crippen MR) is 90.3 cm³/mol. The summed E-state index contributed by atoms with van der Waals surface area (Å²) < 4.78 is 1.23. The van der Waals surface area contributed by atoms with Crippen LogP contribution in [0.3, 0.4) is 0 Å². The van der Waals surface area contributed by atoms with E-state index in [1.807, 2.05) is 12.1 Å². The van der Waals surface area contributed by atoms with Gasteiger partial charge in [-0.3, -0.25) is 0 Å². The van der Waals surface area contributed by atoms with Crippen LogP contribution in [0.25, 0.3) is 0 Å². The van der Waals surface area contributed by atoms with E-state index in [9.17, 15) is 0 Å². The van der Waals surface area contributed by atoms with Gasteiger partial charge in [-0.1, -0.05) is 48.4 Å². The monoisotopic (exact) mass is 385 g/mol. The Morgan fingerprint density at radius 1 is 0.864 bits per heavy atom. The van der Waals surface area contributed by atoms with Gasteiger partial charge >= 0.3 is 60.0 Å². The maximum atomic E-state index is 3.18. The van der Waals surface area contributed by atoms with Gasteiger partial charge in [-0.25, -0.2) is 0 Å². The van der Waals surface area contributed by atoms with Gasteiger partial charge in [0.2, 0.25) is 0 Å². The molecule has 120 valence electrons. The van der Waals surface area contributed by atoms with E-state index in [2.05, 4.69) is 97.6 Å². The van der Waals surface area contributed by atoms with Crippen LogP contribution in [0.4, 0.5) is 0 Å². The van der Waals surface area contributed by atoms with Crippen LogP contribution in [0, 0.1) is 6.42 Å². The van der Waals surface area contributed by atoms with E-state index in [0.717, 1.165) is 19.5 Å². The summed E-state index contributed by atoms with van der Waals surface area (Å²) in [6.07, 6.45) is 3.25. The molecule has 0 aromatic heterocycles. The third kappa shape index (κ3) is 5.51. The van der Waals surface area contributed by atoms with Crippen LogP contribution >= 0.6 is 0 Å². The molecule has 0 unspecified atom stereocenters. The molecule has 2 aromatic rings. The number of nitrogens with zero attached hydrogens (tertiary/aromatic N) is 2. The molecule has 1 saturated heterocycles. The van der Waals surface area contributed by atoms with Crippen molar-refractivity contribution in [3.8, 4) is 0 Å². The van der Waals surface area contributed by atoms with Crippen molar-refractivity contribution in [2.45, 2.75) is 6.42 Å². The van der Waals surface area contributed by atoms with E-state index in [-0.39, 0.29) is 0 Å². The summed E-state index contributed by atoms with van der Waals surface area (Å²) in [7, 11) is 4.17. The minimum Gasteiger partial charge on any atom is -0.192 e. The van der Waals surface area contributed by atoms with Gasteiger partial charge in [-0.05, 0) is 0 Å². The smallest absolute Gasteiger partial charge is 0.0544 e. The minimum atomic E-state index is 1.00. The largest absolute Gasteiger partial charge is 0.192 e. The predicted octanol–water partition coefficient (Wildman–Crippen LogP) is 2.98. The average molecular weight is 386 g/mol. The Balaban J connectivity index is 0.000000188. The first kappa shape index (κ1) is 17.1. The molecule has 0 aliphatic carbocycles. The van der Waals surface area contributed by atoms with Crippen molar-refractivity contribution in [2.75, 3.05) is 27.2 Å². The molecule has 2 aromatic carbocycles. The fraction of sp³-hybridized carbons (Fsp3) is 0.263. The van der Waals surface area contributed by atoms with Crippen molar-refractivity contribution in [1.82, 2.24) is 9.80 Å². The second-order valence-electron chi connectivity index (χ2n) is 5.39. The summed E-state index contributed by atoms with van der Waals surface area (Å²) in [6, 6.07) is 20.9. The Labute approximate surface area is 144 Å². The first-order valence-corrected chi connectivity index (χ1v) is 8.28. The molecule has 0 radical (unpaired) electrons. The van der Waals surface area contributed by atoms with E-state index in [1.165, 1.54) is 15.4 Å². The first-order valence-electron chi connectivity index (χ1n) is 7.50. The van der Waals surface area contributed by atoms with Crippen molar-refractivity contribution >= 4 is 4.23 Å². The fourth-order valence-corrected chi connectivity index (χ4v) is 2.55. The molecule has 1 aliphatic heterocycles. The molecule has 1 aliphatic rings. The second kappa shape index (κ2) is 9.03. The van der Waals surface area contributed by atoms with Crippen LogP contribution < -0.4 is 0 Å². The van der Waals surface area contributed by atoms with E-state index in [4.69, 9.17) is 0 Å². The molecule has 3 rings (SSSR count). The van der Waals surface area contributed by atoms with Crippen molar-refractivity contribution in [1.29, 1.82) is 0 Å². The third-order valence-corrected chi connectivity index (χ3v) is 4.76. The molecule has 1 heterocycles. The maximum absolute atomic E-state index is 3.18. The van der Waals surface area contributed by atoms with E-state index >= 15 is 0 Å². The Hall–Kier alpha value is -1.24. The van der Waals surface area contributed by atoms with Crippen molar-refractivity contribution < 1.29 is 18.7 Å². The van der Waals surface area contributed by atoms with Gasteiger partial charge in [-0.15, -0.1) is 12.1 Å². The molecule has 0 saturated carbocycles. The summed E-state index contributed by atoms with van der Waals surface area (Å²) in [4.78, 5) is 4.39. The van der Waals surface area contributed by atoms with Crippen LogP contribution in [0.15, 0.2) is 60.7 Å². The zero-order valence-electron chi connectivity index (χ0n) is 13.2. The normalized spacial score (nSPS) is 15.4. The minimum absolute atomic E-state index is 1.00. The summed E-state index contributed by atoms with van der Waals surface area (Å²) in [5.41, 5.74) is 2.65. The van der Waals surface area contributed by atoms with Crippen LogP contribution in [0.5, 0.6) is 0 Å². The molecule has 22 heavy (non-hydrogen) atoms. The van der Waals surface area contributed by atoms with Crippen molar-refractivity contribution in [3.63, 3.8) is 0 Å². The van der Waals surface area contributed by atoms with Gasteiger partial charge < -0.3 is 0 Å². The van der Waals surface area contributed by atoms with Gasteiger partial charge in [0.05, 0.1) is 0 Å². The van der Waals surface area contributed by atoms with Crippen LogP contribution in [-0.2, 0) is 25.2 Å².